The Labute approximate surface area is 168 Å². The number of ether oxygens (including phenoxy) is 2. The van der Waals surface area contributed by atoms with Gasteiger partial charge in [0.15, 0.2) is 11.5 Å². The van der Waals surface area contributed by atoms with E-state index in [9.17, 15) is 13.2 Å². The summed E-state index contributed by atoms with van der Waals surface area (Å²) in [7, 11) is 0. The normalized spacial score (nSPS) is 17.5. The van der Waals surface area contributed by atoms with Gasteiger partial charge in [0.25, 0.3) is 0 Å². The maximum atomic E-state index is 13.6. The minimum atomic E-state index is -4.62. The second-order valence-electron chi connectivity index (χ2n) is 6.75. The summed E-state index contributed by atoms with van der Waals surface area (Å²) in [4.78, 5) is 9.53. The van der Waals surface area contributed by atoms with Crippen LogP contribution in [0.1, 0.15) is 0 Å². The van der Waals surface area contributed by atoms with Crippen LogP contribution in [0.3, 0.4) is 0 Å². The van der Waals surface area contributed by atoms with E-state index in [2.05, 4.69) is 20.2 Å². The van der Waals surface area contributed by atoms with Gasteiger partial charge in [-0.2, -0.15) is 13.2 Å². The number of hydrogen-bond donors (Lipinski definition) is 0. The lowest BCUT2D eigenvalue weighted by Crippen LogP contribution is -2.41. The van der Waals surface area contributed by atoms with Crippen molar-refractivity contribution in [3.63, 3.8) is 0 Å². The van der Waals surface area contributed by atoms with Gasteiger partial charge in [0.05, 0.1) is 13.2 Å². The zero-order valence-electron chi connectivity index (χ0n) is 15.5. The second kappa shape index (κ2) is 7.10. The van der Waals surface area contributed by atoms with Crippen molar-refractivity contribution in [2.75, 3.05) is 24.8 Å². The predicted molar refractivity (Wildman–Crippen MR) is 101 cm³/mol. The molecular formula is C19H15F3N6O2. The van der Waals surface area contributed by atoms with Crippen LogP contribution in [0.2, 0.25) is 0 Å². The summed E-state index contributed by atoms with van der Waals surface area (Å²) in [5, 5.41) is 8.28. The Morgan fingerprint density at radius 3 is 2.77 bits per heavy atom. The molecule has 0 bridgehead atoms. The highest BCUT2D eigenvalue weighted by molar-refractivity contribution is 5.96. The van der Waals surface area contributed by atoms with Crippen molar-refractivity contribution in [2.45, 2.75) is 12.3 Å². The van der Waals surface area contributed by atoms with Gasteiger partial charge in [-0.25, -0.2) is 9.98 Å². The van der Waals surface area contributed by atoms with Crippen molar-refractivity contribution in [3.8, 4) is 11.4 Å². The molecule has 3 aromatic heterocycles. The number of nitrogens with zero attached hydrogens (tertiary/aromatic N) is 6. The molecule has 8 nitrogen and oxygen atoms in total. The van der Waals surface area contributed by atoms with Crippen LogP contribution in [0.25, 0.3) is 17.0 Å². The molecule has 2 aliphatic heterocycles. The summed E-state index contributed by atoms with van der Waals surface area (Å²) >= 11 is 0. The molecule has 0 spiro atoms. The van der Waals surface area contributed by atoms with E-state index in [0.717, 1.165) is 6.20 Å². The SMILES string of the molecule is FC(F)(F)C1=CN(c2cc(-c3nnc4ccccn34)ccn2)CN=C1OC1COC1. The Morgan fingerprint density at radius 1 is 1.13 bits per heavy atom. The predicted octanol–water partition coefficient (Wildman–Crippen LogP) is 2.83. The lowest BCUT2D eigenvalue weighted by molar-refractivity contribution is -0.102. The van der Waals surface area contributed by atoms with Crippen molar-refractivity contribution in [1.29, 1.82) is 0 Å². The summed E-state index contributed by atoms with van der Waals surface area (Å²) in [5.41, 5.74) is 0.369. The first-order valence-electron chi connectivity index (χ1n) is 9.10. The second-order valence-corrected chi connectivity index (χ2v) is 6.75. The highest BCUT2D eigenvalue weighted by Crippen LogP contribution is 2.32. The third-order valence-corrected chi connectivity index (χ3v) is 4.68. The summed E-state index contributed by atoms with van der Waals surface area (Å²) in [6.45, 7) is 0.451. The van der Waals surface area contributed by atoms with Crippen LogP contribution in [-0.4, -0.2) is 57.6 Å². The zero-order chi connectivity index (χ0) is 20.7. The van der Waals surface area contributed by atoms with Crippen LogP contribution < -0.4 is 4.90 Å². The molecule has 0 unspecified atom stereocenters. The number of fused-ring (bicyclic) bond motifs is 1. The third-order valence-electron chi connectivity index (χ3n) is 4.68. The molecule has 0 atom stereocenters. The molecule has 0 amide bonds. The average Bonchev–Trinajstić information content (AvgIpc) is 3.14. The van der Waals surface area contributed by atoms with Crippen molar-refractivity contribution in [2.24, 2.45) is 4.99 Å². The molecule has 0 radical (unpaired) electrons. The maximum Gasteiger partial charge on any atom is 0.423 e. The van der Waals surface area contributed by atoms with Crippen LogP contribution >= 0.6 is 0 Å². The fourth-order valence-corrected chi connectivity index (χ4v) is 3.10. The number of hydrogen-bond acceptors (Lipinski definition) is 7. The van der Waals surface area contributed by atoms with Crippen LogP contribution in [0.5, 0.6) is 0 Å². The first kappa shape index (κ1) is 18.6. The molecule has 30 heavy (non-hydrogen) atoms. The molecule has 0 aromatic carbocycles. The fraction of sp³-hybridized carbons (Fsp3) is 0.263. The first-order valence-corrected chi connectivity index (χ1v) is 9.10. The third kappa shape index (κ3) is 3.36. The smallest absolute Gasteiger partial charge is 0.423 e. The quantitative estimate of drug-likeness (QED) is 0.654. The van der Waals surface area contributed by atoms with E-state index in [0.29, 0.717) is 22.9 Å². The van der Waals surface area contributed by atoms with Gasteiger partial charge in [-0.15, -0.1) is 10.2 Å². The van der Waals surface area contributed by atoms with Crippen LogP contribution in [0.15, 0.2) is 59.5 Å². The number of aromatic nitrogens is 4. The molecule has 11 heteroatoms. The summed E-state index contributed by atoms with van der Waals surface area (Å²) in [5.74, 6) is 0.437. The van der Waals surface area contributed by atoms with E-state index in [1.807, 2.05) is 24.4 Å². The molecule has 3 aromatic rings. The van der Waals surface area contributed by atoms with Crippen LogP contribution in [0, 0.1) is 0 Å². The van der Waals surface area contributed by atoms with Gasteiger partial charge in [-0.3, -0.25) is 4.40 Å². The lowest BCUT2D eigenvalue weighted by Gasteiger charge is -2.31. The topological polar surface area (TPSA) is 77.1 Å². The van der Waals surface area contributed by atoms with E-state index in [4.69, 9.17) is 9.47 Å². The lowest BCUT2D eigenvalue weighted by atomic mass is 10.2. The molecule has 0 N–H and O–H groups in total. The highest BCUT2D eigenvalue weighted by Gasteiger charge is 2.42. The molecule has 154 valence electrons. The zero-order valence-corrected chi connectivity index (χ0v) is 15.5. The van der Waals surface area contributed by atoms with E-state index in [-0.39, 0.29) is 19.9 Å². The minimum absolute atomic E-state index is 0.0560. The van der Waals surface area contributed by atoms with Gasteiger partial charge in [0, 0.05) is 24.2 Å². The summed E-state index contributed by atoms with van der Waals surface area (Å²) in [6, 6.07) is 8.87. The van der Waals surface area contributed by atoms with Crippen LogP contribution in [0.4, 0.5) is 19.0 Å². The number of aliphatic imine (C=N–C) groups is 1. The van der Waals surface area contributed by atoms with E-state index >= 15 is 0 Å². The Hall–Kier alpha value is -3.47. The van der Waals surface area contributed by atoms with Crippen molar-refractivity contribution < 1.29 is 22.6 Å². The van der Waals surface area contributed by atoms with Crippen molar-refractivity contribution in [3.05, 3.63) is 54.5 Å². The van der Waals surface area contributed by atoms with E-state index in [1.165, 1.54) is 11.1 Å². The molecule has 0 saturated carbocycles. The standard InChI is InChI=1S/C19H15F3N6O2/c20-19(21,22)14-8-27(11-24-18(14)30-13-9-29-10-13)16-7-12(4-5-23-16)17-26-25-15-3-1-2-6-28(15)17/h1-8,13H,9-11H2. The van der Waals surface area contributed by atoms with Gasteiger partial charge in [0.1, 0.15) is 24.2 Å². The summed E-state index contributed by atoms with van der Waals surface area (Å²) < 4.78 is 52.9. The Kier molecular flexibility index (Phi) is 4.39. The minimum Gasteiger partial charge on any atom is -0.469 e. The summed E-state index contributed by atoms with van der Waals surface area (Å²) in [6.07, 6.45) is -0.745. The first-order chi connectivity index (χ1) is 14.5. The Morgan fingerprint density at radius 2 is 2.00 bits per heavy atom. The van der Waals surface area contributed by atoms with Gasteiger partial charge < -0.3 is 14.4 Å². The molecule has 5 heterocycles. The number of halogens is 3. The average molecular weight is 416 g/mol. The maximum absolute atomic E-state index is 13.6. The van der Waals surface area contributed by atoms with E-state index < -0.39 is 23.8 Å². The molecule has 1 saturated heterocycles. The number of rotatable bonds is 3. The van der Waals surface area contributed by atoms with Crippen molar-refractivity contribution >= 4 is 17.4 Å². The number of pyridine rings is 2. The fourth-order valence-electron chi connectivity index (χ4n) is 3.10. The van der Waals surface area contributed by atoms with Gasteiger partial charge in [-0.1, -0.05) is 6.07 Å². The molecule has 5 rings (SSSR count). The largest absolute Gasteiger partial charge is 0.469 e. The monoisotopic (exact) mass is 416 g/mol. The molecule has 2 aliphatic rings. The van der Waals surface area contributed by atoms with E-state index in [1.54, 1.807) is 16.5 Å². The van der Waals surface area contributed by atoms with Gasteiger partial charge in [-0.05, 0) is 24.3 Å². The highest BCUT2D eigenvalue weighted by atomic mass is 19.4. The Bertz CT molecular complexity index is 1150. The van der Waals surface area contributed by atoms with Crippen molar-refractivity contribution in [1.82, 2.24) is 19.6 Å². The Balaban J connectivity index is 1.47. The van der Waals surface area contributed by atoms with Crippen LogP contribution in [-0.2, 0) is 9.47 Å². The molecular weight excluding hydrogens is 401 g/mol. The molecule has 0 aliphatic carbocycles. The number of alkyl halides is 3. The van der Waals surface area contributed by atoms with Gasteiger partial charge in [0.2, 0.25) is 5.90 Å². The number of anilines is 1. The van der Waals surface area contributed by atoms with Gasteiger partial charge >= 0.3 is 6.18 Å². The molecule has 1 fully saturated rings.